The number of nitrogens with zero attached hydrogens (tertiary/aromatic N) is 4. The van der Waals surface area contributed by atoms with Crippen LogP contribution < -0.4 is 14.8 Å². The summed E-state index contributed by atoms with van der Waals surface area (Å²) < 4.78 is 14.4. The molecule has 0 atom stereocenters. The topological polar surface area (TPSA) is 83.2 Å². The smallest absolute Gasteiger partial charge is 0.248 e. The second kappa shape index (κ2) is 9.51. The van der Waals surface area contributed by atoms with Gasteiger partial charge in [0.05, 0.1) is 44.0 Å². The molecule has 0 spiro atoms. The fourth-order valence-corrected chi connectivity index (χ4v) is 3.46. The second-order valence-electron chi connectivity index (χ2n) is 7.22. The SMILES string of the molecule is CCn1ncc(/C=C/C(=O)Nc2c(C)nn(Cc3ccc(OC)c(OC)c3)c2C)c1C. The number of anilines is 1. The van der Waals surface area contributed by atoms with Crippen LogP contribution in [0.4, 0.5) is 5.69 Å². The molecular weight excluding hydrogens is 394 g/mol. The number of hydrogen-bond acceptors (Lipinski definition) is 5. The summed E-state index contributed by atoms with van der Waals surface area (Å²) in [7, 11) is 3.22. The van der Waals surface area contributed by atoms with Gasteiger partial charge in [0.2, 0.25) is 5.91 Å². The maximum Gasteiger partial charge on any atom is 0.248 e. The number of aromatic nitrogens is 4. The van der Waals surface area contributed by atoms with Crippen LogP contribution in [-0.2, 0) is 17.9 Å². The number of amides is 1. The molecule has 3 aromatic rings. The van der Waals surface area contributed by atoms with Gasteiger partial charge in [0.25, 0.3) is 0 Å². The van der Waals surface area contributed by atoms with Crippen LogP contribution in [0.2, 0.25) is 0 Å². The Labute approximate surface area is 182 Å². The Morgan fingerprint density at radius 1 is 1.10 bits per heavy atom. The fraction of sp³-hybridized carbons (Fsp3) is 0.348. The molecule has 0 unspecified atom stereocenters. The van der Waals surface area contributed by atoms with E-state index in [2.05, 4.69) is 15.5 Å². The first-order chi connectivity index (χ1) is 14.9. The first-order valence-electron chi connectivity index (χ1n) is 10.1. The third kappa shape index (κ3) is 4.79. The van der Waals surface area contributed by atoms with E-state index in [9.17, 15) is 4.79 Å². The second-order valence-corrected chi connectivity index (χ2v) is 7.22. The summed E-state index contributed by atoms with van der Waals surface area (Å²) in [5.74, 6) is 1.14. The zero-order chi connectivity index (χ0) is 22.5. The van der Waals surface area contributed by atoms with Gasteiger partial charge in [-0.1, -0.05) is 6.07 Å². The van der Waals surface area contributed by atoms with E-state index in [-0.39, 0.29) is 5.91 Å². The molecule has 0 aliphatic rings. The number of rotatable bonds is 8. The predicted octanol–water partition coefficient (Wildman–Crippen LogP) is 3.74. The van der Waals surface area contributed by atoms with Gasteiger partial charge in [0, 0.05) is 23.9 Å². The number of aryl methyl sites for hydroxylation is 2. The normalized spacial score (nSPS) is 11.2. The summed E-state index contributed by atoms with van der Waals surface area (Å²) in [4.78, 5) is 12.5. The zero-order valence-corrected chi connectivity index (χ0v) is 18.9. The molecule has 0 aliphatic carbocycles. The van der Waals surface area contributed by atoms with Crippen molar-refractivity contribution in [3.63, 3.8) is 0 Å². The van der Waals surface area contributed by atoms with E-state index in [1.54, 1.807) is 26.5 Å². The average Bonchev–Trinajstić information content (AvgIpc) is 3.25. The molecule has 8 nitrogen and oxygen atoms in total. The van der Waals surface area contributed by atoms with Gasteiger partial charge in [-0.2, -0.15) is 10.2 Å². The highest BCUT2D eigenvalue weighted by Gasteiger charge is 2.14. The Bertz CT molecular complexity index is 1110. The van der Waals surface area contributed by atoms with E-state index in [0.29, 0.717) is 18.0 Å². The first kappa shape index (κ1) is 22.1. The van der Waals surface area contributed by atoms with E-state index >= 15 is 0 Å². The number of methoxy groups -OCH3 is 2. The molecule has 8 heteroatoms. The summed E-state index contributed by atoms with van der Waals surface area (Å²) in [5, 5.41) is 11.8. The van der Waals surface area contributed by atoms with Crippen molar-refractivity contribution in [2.75, 3.05) is 19.5 Å². The molecule has 0 bridgehead atoms. The summed E-state index contributed by atoms with van der Waals surface area (Å²) in [5.41, 5.74) is 5.33. The highest BCUT2D eigenvalue weighted by Crippen LogP contribution is 2.28. The van der Waals surface area contributed by atoms with Gasteiger partial charge in [0.15, 0.2) is 11.5 Å². The molecule has 2 aromatic heterocycles. The van der Waals surface area contributed by atoms with Gasteiger partial charge in [-0.25, -0.2) is 0 Å². The molecule has 31 heavy (non-hydrogen) atoms. The third-order valence-corrected chi connectivity index (χ3v) is 5.26. The standard InChI is InChI=1S/C23H29N5O3/c1-7-27-16(3)19(13-24-27)9-11-22(29)25-23-15(2)26-28(17(23)4)14-18-8-10-20(30-5)21(12-18)31-6/h8-13H,7,14H2,1-6H3,(H,25,29)/b11-9+. The molecule has 2 heterocycles. The summed E-state index contributed by atoms with van der Waals surface area (Å²) in [6.07, 6.45) is 5.07. The lowest BCUT2D eigenvalue weighted by Crippen LogP contribution is -2.10. The lowest BCUT2D eigenvalue weighted by atomic mass is 10.2. The quantitative estimate of drug-likeness (QED) is 0.558. The number of carbonyl (C=O) groups excluding carboxylic acids is 1. The van der Waals surface area contributed by atoms with Gasteiger partial charge in [-0.15, -0.1) is 0 Å². The molecule has 0 saturated heterocycles. The Hall–Kier alpha value is -3.55. The molecule has 164 valence electrons. The zero-order valence-electron chi connectivity index (χ0n) is 18.9. The largest absolute Gasteiger partial charge is 0.493 e. The van der Waals surface area contributed by atoms with Crippen LogP contribution in [0.15, 0.2) is 30.5 Å². The minimum absolute atomic E-state index is 0.208. The Balaban J connectivity index is 1.74. The summed E-state index contributed by atoms with van der Waals surface area (Å²) in [6.45, 7) is 9.19. The lowest BCUT2D eigenvalue weighted by Gasteiger charge is -2.10. The van der Waals surface area contributed by atoms with E-state index < -0.39 is 0 Å². The first-order valence-corrected chi connectivity index (χ1v) is 10.1. The molecule has 0 fully saturated rings. The predicted molar refractivity (Wildman–Crippen MR) is 121 cm³/mol. The fourth-order valence-electron chi connectivity index (χ4n) is 3.46. The van der Waals surface area contributed by atoms with Crippen molar-refractivity contribution in [1.82, 2.24) is 19.6 Å². The Kier molecular flexibility index (Phi) is 6.79. The minimum Gasteiger partial charge on any atom is -0.493 e. The van der Waals surface area contributed by atoms with Crippen LogP contribution >= 0.6 is 0 Å². The van der Waals surface area contributed by atoms with Crippen molar-refractivity contribution in [1.29, 1.82) is 0 Å². The van der Waals surface area contributed by atoms with Crippen molar-refractivity contribution in [3.8, 4) is 11.5 Å². The number of hydrogen-bond donors (Lipinski definition) is 1. The van der Waals surface area contributed by atoms with Crippen molar-refractivity contribution in [2.45, 2.75) is 40.8 Å². The summed E-state index contributed by atoms with van der Waals surface area (Å²) >= 11 is 0. The molecule has 0 aliphatic heterocycles. The average molecular weight is 424 g/mol. The van der Waals surface area contributed by atoms with Crippen LogP contribution in [0.5, 0.6) is 11.5 Å². The van der Waals surface area contributed by atoms with Gasteiger partial charge >= 0.3 is 0 Å². The monoisotopic (exact) mass is 423 g/mol. The molecule has 0 saturated carbocycles. The van der Waals surface area contributed by atoms with Crippen molar-refractivity contribution in [3.05, 3.63) is 58.7 Å². The number of nitrogens with one attached hydrogen (secondary N) is 1. The van der Waals surface area contributed by atoms with E-state index in [1.807, 2.05) is 55.3 Å². The molecule has 1 amide bonds. The van der Waals surface area contributed by atoms with E-state index in [4.69, 9.17) is 9.47 Å². The van der Waals surface area contributed by atoms with Crippen LogP contribution in [0, 0.1) is 20.8 Å². The number of ether oxygens (including phenoxy) is 2. The van der Waals surface area contributed by atoms with E-state index in [0.717, 1.165) is 40.4 Å². The van der Waals surface area contributed by atoms with Gasteiger partial charge < -0.3 is 14.8 Å². The van der Waals surface area contributed by atoms with Crippen molar-refractivity contribution >= 4 is 17.7 Å². The lowest BCUT2D eigenvalue weighted by molar-refractivity contribution is -0.111. The highest BCUT2D eigenvalue weighted by molar-refractivity contribution is 6.02. The maximum absolute atomic E-state index is 12.5. The minimum atomic E-state index is -0.208. The van der Waals surface area contributed by atoms with Crippen LogP contribution in [-0.4, -0.2) is 39.7 Å². The van der Waals surface area contributed by atoms with Gasteiger partial charge in [0.1, 0.15) is 0 Å². The van der Waals surface area contributed by atoms with Crippen molar-refractivity contribution < 1.29 is 14.3 Å². The summed E-state index contributed by atoms with van der Waals surface area (Å²) in [6, 6.07) is 5.77. The molecule has 3 rings (SSSR count). The molecule has 0 radical (unpaired) electrons. The Morgan fingerprint density at radius 2 is 1.84 bits per heavy atom. The van der Waals surface area contributed by atoms with Gasteiger partial charge in [-0.05, 0) is 51.5 Å². The van der Waals surface area contributed by atoms with Crippen LogP contribution in [0.3, 0.4) is 0 Å². The number of benzene rings is 1. The number of carbonyl (C=O) groups is 1. The molecule has 1 N–H and O–H groups in total. The molecule has 1 aromatic carbocycles. The van der Waals surface area contributed by atoms with E-state index in [1.165, 1.54) is 6.08 Å². The van der Waals surface area contributed by atoms with Gasteiger partial charge in [-0.3, -0.25) is 14.2 Å². The highest BCUT2D eigenvalue weighted by atomic mass is 16.5. The van der Waals surface area contributed by atoms with Crippen molar-refractivity contribution in [2.24, 2.45) is 0 Å². The third-order valence-electron chi connectivity index (χ3n) is 5.26. The maximum atomic E-state index is 12.5. The molecular formula is C23H29N5O3. The Morgan fingerprint density at radius 3 is 2.48 bits per heavy atom. The van der Waals surface area contributed by atoms with Crippen LogP contribution in [0.25, 0.3) is 6.08 Å². The van der Waals surface area contributed by atoms with Crippen LogP contribution in [0.1, 0.15) is 35.1 Å².